The Bertz CT molecular complexity index is 319. The second-order valence-corrected chi connectivity index (χ2v) is 2.45. The van der Waals surface area contributed by atoms with E-state index in [1.807, 2.05) is 6.07 Å². The average molecular weight is 179 g/mol. The number of hydrogen-bond acceptors (Lipinski definition) is 3. The zero-order chi connectivity index (χ0) is 9.68. The normalized spacial score (nSPS) is 11.0. The molecule has 0 bridgehead atoms. The monoisotopic (exact) mass is 179 g/mol. The molecule has 0 aliphatic carbocycles. The molecule has 0 atom stereocenters. The maximum Gasteiger partial charge on any atom is 0.277 e. The summed E-state index contributed by atoms with van der Waals surface area (Å²) in [5.74, 6) is 0.587. The van der Waals surface area contributed by atoms with Crippen LogP contribution in [0.5, 0.6) is 5.75 Å². The van der Waals surface area contributed by atoms with Crippen molar-refractivity contribution in [1.82, 2.24) is 0 Å². The summed E-state index contributed by atoms with van der Waals surface area (Å²) in [5.41, 5.74) is -0.0242. The van der Waals surface area contributed by atoms with Gasteiger partial charge in [-0.25, -0.2) is 0 Å². The maximum atomic E-state index is 10.2. The predicted octanol–water partition coefficient (Wildman–Crippen LogP) is 2.20. The van der Waals surface area contributed by atoms with E-state index in [2.05, 4.69) is 0 Å². The minimum absolute atomic E-state index is 0.0242. The number of para-hydroxylation sites is 1. The molecule has 13 heavy (non-hydrogen) atoms. The SMILES string of the molecule is C/C(=C\Oc1ccccc1)[N+](=O)[O-]. The zero-order valence-electron chi connectivity index (χ0n) is 7.14. The Morgan fingerprint density at radius 1 is 1.46 bits per heavy atom. The lowest BCUT2D eigenvalue weighted by Crippen LogP contribution is -1.95. The van der Waals surface area contributed by atoms with Gasteiger partial charge in [0.2, 0.25) is 0 Å². The van der Waals surface area contributed by atoms with E-state index in [-0.39, 0.29) is 5.70 Å². The molecule has 0 fully saturated rings. The summed E-state index contributed by atoms with van der Waals surface area (Å²) in [6.07, 6.45) is 1.12. The summed E-state index contributed by atoms with van der Waals surface area (Å²) in [6, 6.07) is 8.89. The van der Waals surface area contributed by atoms with E-state index in [9.17, 15) is 10.1 Å². The number of hydrogen-bond donors (Lipinski definition) is 0. The van der Waals surface area contributed by atoms with Crippen molar-refractivity contribution in [3.63, 3.8) is 0 Å². The molecule has 0 saturated carbocycles. The third-order valence-electron chi connectivity index (χ3n) is 1.40. The second-order valence-electron chi connectivity index (χ2n) is 2.45. The molecule has 0 heterocycles. The van der Waals surface area contributed by atoms with Crippen LogP contribution in [-0.2, 0) is 0 Å². The molecule has 68 valence electrons. The first-order valence-corrected chi connectivity index (χ1v) is 3.73. The van der Waals surface area contributed by atoms with Gasteiger partial charge in [0.05, 0.1) is 4.92 Å². The van der Waals surface area contributed by atoms with Gasteiger partial charge in [0.1, 0.15) is 5.75 Å². The molecule has 4 heteroatoms. The van der Waals surface area contributed by atoms with Gasteiger partial charge in [0.25, 0.3) is 5.70 Å². The summed E-state index contributed by atoms with van der Waals surface area (Å²) in [6.45, 7) is 1.38. The Hall–Kier alpha value is -1.84. The van der Waals surface area contributed by atoms with Gasteiger partial charge in [-0.15, -0.1) is 0 Å². The van der Waals surface area contributed by atoms with Gasteiger partial charge >= 0.3 is 0 Å². The fourth-order valence-corrected chi connectivity index (χ4v) is 0.695. The van der Waals surface area contributed by atoms with Crippen molar-refractivity contribution in [3.05, 3.63) is 52.4 Å². The van der Waals surface area contributed by atoms with E-state index >= 15 is 0 Å². The molecule has 0 spiro atoms. The smallest absolute Gasteiger partial charge is 0.277 e. The number of nitrogens with zero attached hydrogens (tertiary/aromatic N) is 1. The van der Waals surface area contributed by atoms with E-state index in [0.717, 1.165) is 6.26 Å². The topological polar surface area (TPSA) is 52.4 Å². The molecule has 4 nitrogen and oxygen atoms in total. The quantitative estimate of drug-likeness (QED) is 0.406. The van der Waals surface area contributed by atoms with Crippen molar-refractivity contribution in [3.8, 4) is 5.75 Å². The van der Waals surface area contributed by atoms with Crippen LogP contribution in [0.2, 0.25) is 0 Å². The molecule has 0 radical (unpaired) electrons. The minimum atomic E-state index is -0.497. The fourth-order valence-electron chi connectivity index (χ4n) is 0.695. The Kier molecular flexibility index (Phi) is 3.03. The van der Waals surface area contributed by atoms with Crippen LogP contribution < -0.4 is 4.74 Å². The van der Waals surface area contributed by atoms with Crippen molar-refractivity contribution < 1.29 is 9.66 Å². The van der Waals surface area contributed by atoms with Crippen molar-refractivity contribution >= 4 is 0 Å². The number of rotatable bonds is 3. The Morgan fingerprint density at radius 2 is 2.08 bits per heavy atom. The van der Waals surface area contributed by atoms with Crippen LogP contribution in [0.3, 0.4) is 0 Å². The molecule has 0 amide bonds. The number of ether oxygens (including phenoxy) is 1. The van der Waals surface area contributed by atoms with Crippen molar-refractivity contribution in [1.29, 1.82) is 0 Å². The van der Waals surface area contributed by atoms with Gasteiger partial charge in [0.15, 0.2) is 6.26 Å². The molecule has 0 aliphatic rings. The van der Waals surface area contributed by atoms with E-state index < -0.39 is 4.92 Å². The third kappa shape index (κ3) is 2.94. The van der Waals surface area contributed by atoms with E-state index in [1.165, 1.54) is 6.92 Å². The molecule has 0 unspecified atom stereocenters. The first kappa shape index (κ1) is 9.25. The lowest BCUT2D eigenvalue weighted by atomic mass is 10.3. The molecule has 1 rings (SSSR count). The van der Waals surface area contributed by atoms with E-state index in [4.69, 9.17) is 4.74 Å². The Balaban J connectivity index is 2.62. The van der Waals surface area contributed by atoms with Crippen LogP contribution >= 0.6 is 0 Å². The summed E-state index contributed by atoms with van der Waals surface area (Å²) in [4.78, 5) is 9.68. The lowest BCUT2D eigenvalue weighted by molar-refractivity contribution is -0.425. The molecule has 1 aromatic rings. The van der Waals surface area contributed by atoms with Crippen molar-refractivity contribution in [2.24, 2.45) is 0 Å². The Labute approximate surface area is 75.6 Å². The number of nitro groups is 1. The van der Waals surface area contributed by atoms with Crippen LogP contribution in [0.4, 0.5) is 0 Å². The third-order valence-corrected chi connectivity index (χ3v) is 1.40. The number of benzene rings is 1. The first-order chi connectivity index (χ1) is 6.20. The average Bonchev–Trinajstić information content (AvgIpc) is 2.15. The number of allylic oxidation sites excluding steroid dienone is 1. The highest BCUT2D eigenvalue weighted by atomic mass is 16.6. The Morgan fingerprint density at radius 3 is 2.62 bits per heavy atom. The molecule has 1 aromatic carbocycles. The molecule has 0 N–H and O–H groups in total. The van der Waals surface area contributed by atoms with Crippen LogP contribution in [0.15, 0.2) is 42.3 Å². The maximum absolute atomic E-state index is 10.2. The molecular formula is C9H9NO3. The largest absolute Gasteiger partial charge is 0.458 e. The van der Waals surface area contributed by atoms with Gasteiger partial charge in [-0.3, -0.25) is 10.1 Å². The van der Waals surface area contributed by atoms with Gasteiger partial charge in [-0.05, 0) is 12.1 Å². The summed E-state index contributed by atoms with van der Waals surface area (Å²) in [7, 11) is 0. The molecular weight excluding hydrogens is 170 g/mol. The highest BCUT2D eigenvalue weighted by molar-refractivity contribution is 5.21. The summed E-state index contributed by atoms with van der Waals surface area (Å²) in [5, 5.41) is 10.2. The standard InChI is InChI=1S/C9H9NO3/c1-8(10(11)12)7-13-9-5-3-2-4-6-9/h2-7H,1H3/b8-7+. The van der Waals surface area contributed by atoms with Gasteiger partial charge in [-0.2, -0.15) is 0 Å². The van der Waals surface area contributed by atoms with Crippen LogP contribution in [-0.4, -0.2) is 4.92 Å². The van der Waals surface area contributed by atoms with Crippen molar-refractivity contribution in [2.75, 3.05) is 0 Å². The summed E-state index contributed by atoms with van der Waals surface area (Å²) < 4.78 is 5.03. The highest BCUT2D eigenvalue weighted by Gasteiger charge is 2.01. The van der Waals surface area contributed by atoms with Gasteiger partial charge < -0.3 is 4.74 Å². The van der Waals surface area contributed by atoms with E-state index in [0.29, 0.717) is 5.75 Å². The van der Waals surface area contributed by atoms with Gasteiger partial charge in [0, 0.05) is 6.92 Å². The highest BCUT2D eigenvalue weighted by Crippen LogP contribution is 2.09. The van der Waals surface area contributed by atoms with Crippen LogP contribution in [0, 0.1) is 10.1 Å². The van der Waals surface area contributed by atoms with Crippen LogP contribution in [0.25, 0.3) is 0 Å². The fraction of sp³-hybridized carbons (Fsp3) is 0.111. The van der Waals surface area contributed by atoms with Crippen LogP contribution in [0.1, 0.15) is 6.92 Å². The van der Waals surface area contributed by atoms with Crippen molar-refractivity contribution in [2.45, 2.75) is 6.92 Å². The molecule has 0 aliphatic heterocycles. The lowest BCUT2D eigenvalue weighted by Gasteiger charge is -1.97. The second kappa shape index (κ2) is 4.25. The zero-order valence-corrected chi connectivity index (χ0v) is 7.14. The summed E-state index contributed by atoms with van der Waals surface area (Å²) >= 11 is 0. The molecule has 0 saturated heterocycles. The molecule has 0 aromatic heterocycles. The minimum Gasteiger partial charge on any atom is -0.458 e. The van der Waals surface area contributed by atoms with Gasteiger partial charge in [-0.1, -0.05) is 18.2 Å². The van der Waals surface area contributed by atoms with E-state index in [1.54, 1.807) is 24.3 Å². The predicted molar refractivity (Wildman–Crippen MR) is 47.8 cm³/mol. The first-order valence-electron chi connectivity index (χ1n) is 3.73.